The highest BCUT2D eigenvalue weighted by Gasteiger charge is 2.11. The molecular formula is C13H23BrN4O. The molecule has 0 aliphatic carbocycles. The molecule has 1 heterocycles. The van der Waals surface area contributed by atoms with Gasteiger partial charge in [-0.25, -0.2) is 0 Å². The number of halogens is 1. The van der Waals surface area contributed by atoms with Gasteiger partial charge >= 0.3 is 0 Å². The molecule has 0 radical (unpaired) electrons. The second-order valence-corrected chi connectivity index (χ2v) is 5.31. The standard InChI is InChI=1S/C13H23BrN4O/c1-5-17(6-2)8-7-15-12(19)9-18-11(4)13(14)10(3)16-18/h5-9H2,1-4H3,(H,15,19). The first-order chi connectivity index (χ1) is 8.99. The van der Waals surface area contributed by atoms with Gasteiger partial charge in [-0.2, -0.15) is 5.10 Å². The number of likely N-dealkylation sites (N-methyl/N-ethyl adjacent to an activating group) is 1. The van der Waals surface area contributed by atoms with Crippen LogP contribution in [0.4, 0.5) is 0 Å². The van der Waals surface area contributed by atoms with E-state index in [2.05, 4.69) is 45.1 Å². The normalized spacial score (nSPS) is 11.1. The summed E-state index contributed by atoms with van der Waals surface area (Å²) in [7, 11) is 0. The second kappa shape index (κ2) is 7.65. The predicted molar refractivity (Wildman–Crippen MR) is 80.2 cm³/mol. The summed E-state index contributed by atoms with van der Waals surface area (Å²) in [6, 6.07) is 0. The van der Waals surface area contributed by atoms with Gasteiger partial charge in [-0.1, -0.05) is 13.8 Å². The van der Waals surface area contributed by atoms with Gasteiger partial charge in [-0.15, -0.1) is 0 Å². The van der Waals surface area contributed by atoms with E-state index in [4.69, 9.17) is 0 Å². The number of carbonyl (C=O) groups excluding carboxylic acids is 1. The van der Waals surface area contributed by atoms with Crippen molar-refractivity contribution in [2.45, 2.75) is 34.2 Å². The minimum absolute atomic E-state index is 0.00487. The lowest BCUT2D eigenvalue weighted by Crippen LogP contribution is -2.36. The van der Waals surface area contributed by atoms with Gasteiger partial charge < -0.3 is 10.2 Å². The molecule has 0 aliphatic rings. The molecule has 0 unspecified atom stereocenters. The Morgan fingerprint density at radius 1 is 1.37 bits per heavy atom. The van der Waals surface area contributed by atoms with Crippen LogP contribution in [0.2, 0.25) is 0 Å². The third-order valence-electron chi connectivity index (χ3n) is 3.23. The average molecular weight is 331 g/mol. The zero-order valence-electron chi connectivity index (χ0n) is 12.2. The van der Waals surface area contributed by atoms with Crippen LogP contribution in [0.25, 0.3) is 0 Å². The van der Waals surface area contributed by atoms with Crippen LogP contribution in [0.3, 0.4) is 0 Å². The first-order valence-electron chi connectivity index (χ1n) is 6.68. The molecule has 19 heavy (non-hydrogen) atoms. The molecule has 0 fully saturated rings. The maximum Gasteiger partial charge on any atom is 0.241 e. The average Bonchev–Trinajstić information content (AvgIpc) is 2.62. The highest BCUT2D eigenvalue weighted by atomic mass is 79.9. The highest BCUT2D eigenvalue weighted by molar-refractivity contribution is 9.10. The molecule has 0 bridgehead atoms. The van der Waals surface area contributed by atoms with E-state index in [1.165, 1.54) is 0 Å². The van der Waals surface area contributed by atoms with Gasteiger partial charge in [-0.3, -0.25) is 9.48 Å². The van der Waals surface area contributed by atoms with Crippen molar-refractivity contribution in [3.8, 4) is 0 Å². The van der Waals surface area contributed by atoms with E-state index in [9.17, 15) is 4.79 Å². The number of hydrogen-bond donors (Lipinski definition) is 1. The summed E-state index contributed by atoms with van der Waals surface area (Å²) in [5.74, 6) is 0.00487. The number of nitrogens with zero attached hydrogens (tertiary/aromatic N) is 3. The van der Waals surface area contributed by atoms with Crippen LogP contribution in [-0.2, 0) is 11.3 Å². The molecule has 0 aromatic carbocycles. The molecule has 0 aliphatic heterocycles. The largest absolute Gasteiger partial charge is 0.353 e. The minimum atomic E-state index is 0.00487. The molecule has 0 spiro atoms. The number of rotatable bonds is 7. The Morgan fingerprint density at radius 2 is 2.00 bits per heavy atom. The smallest absolute Gasteiger partial charge is 0.241 e. The van der Waals surface area contributed by atoms with Gasteiger partial charge in [0, 0.05) is 13.1 Å². The van der Waals surface area contributed by atoms with Gasteiger partial charge in [0.15, 0.2) is 0 Å². The van der Waals surface area contributed by atoms with Crippen molar-refractivity contribution in [3.63, 3.8) is 0 Å². The van der Waals surface area contributed by atoms with Crippen molar-refractivity contribution in [2.75, 3.05) is 26.2 Å². The number of hydrogen-bond acceptors (Lipinski definition) is 3. The van der Waals surface area contributed by atoms with Crippen LogP contribution in [0.5, 0.6) is 0 Å². The van der Waals surface area contributed by atoms with Crippen LogP contribution in [-0.4, -0.2) is 46.8 Å². The maximum absolute atomic E-state index is 11.8. The van der Waals surface area contributed by atoms with Gasteiger partial charge in [0.25, 0.3) is 0 Å². The maximum atomic E-state index is 11.8. The molecule has 1 N–H and O–H groups in total. The van der Waals surface area contributed by atoms with E-state index < -0.39 is 0 Å². The Hall–Kier alpha value is -0.880. The first kappa shape index (κ1) is 16.2. The Morgan fingerprint density at radius 3 is 2.47 bits per heavy atom. The minimum Gasteiger partial charge on any atom is -0.353 e. The summed E-state index contributed by atoms with van der Waals surface area (Å²) in [4.78, 5) is 14.1. The number of amides is 1. The number of aromatic nitrogens is 2. The lowest BCUT2D eigenvalue weighted by Gasteiger charge is -2.18. The summed E-state index contributed by atoms with van der Waals surface area (Å²) < 4.78 is 2.70. The van der Waals surface area contributed by atoms with Crippen LogP contribution in [0.15, 0.2) is 4.47 Å². The quantitative estimate of drug-likeness (QED) is 0.828. The molecule has 1 aromatic heterocycles. The fourth-order valence-corrected chi connectivity index (χ4v) is 2.20. The van der Waals surface area contributed by atoms with E-state index >= 15 is 0 Å². The molecule has 108 valence electrons. The fraction of sp³-hybridized carbons (Fsp3) is 0.692. The SMILES string of the molecule is CCN(CC)CCNC(=O)Cn1nc(C)c(Br)c1C. The zero-order chi connectivity index (χ0) is 14.4. The number of carbonyl (C=O) groups is 1. The fourth-order valence-electron chi connectivity index (χ4n) is 1.91. The van der Waals surface area contributed by atoms with Crippen molar-refractivity contribution in [3.05, 3.63) is 15.9 Å². The summed E-state index contributed by atoms with van der Waals surface area (Å²) in [6.07, 6.45) is 0. The molecular weight excluding hydrogens is 308 g/mol. The van der Waals surface area contributed by atoms with Crippen LogP contribution >= 0.6 is 15.9 Å². The summed E-state index contributed by atoms with van der Waals surface area (Å²) in [6.45, 7) is 12.0. The lowest BCUT2D eigenvalue weighted by molar-refractivity contribution is -0.121. The van der Waals surface area contributed by atoms with Crippen molar-refractivity contribution in [1.29, 1.82) is 0 Å². The van der Waals surface area contributed by atoms with Crippen molar-refractivity contribution < 1.29 is 4.79 Å². The topological polar surface area (TPSA) is 50.2 Å². The van der Waals surface area contributed by atoms with Gasteiger partial charge in [0.2, 0.25) is 5.91 Å². The third-order valence-corrected chi connectivity index (χ3v) is 4.38. The molecule has 6 heteroatoms. The predicted octanol–water partition coefficient (Wildman–Crippen LogP) is 1.72. The molecule has 5 nitrogen and oxygen atoms in total. The lowest BCUT2D eigenvalue weighted by atomic mass is 10.4. The molecule has 1 rings (SSSR count). The van der Waals surface area contributed by atoms with Crippen molar-refractivity contribution in [2.24, 2.45) is 0 Å². The molecule has 0 saturated heterocycles. The van der Waals surface area contributed by atoms with E-state index in [1.807, 2.05) is 13.8 Å². The number of nitrogens with one attached hydrogen (secondary N) is 1. The van der Waals surface area contributed by atoms with Crippen molar-refractivity contribution >= 4 is 21.8 Å². The van der Waals surface area contributed by atoms with Crippen LogP contribution < -0.4 is 5.32 Å². The molecule has 0 saturated carbocycles. The Kier molecular flexibility index (Phi) is 6.51. The Balaban J connectivity index is 2.41. The zero-order valence-corrected chi connectivity index (χ0v) is 13.7. The molecule has 1 amide bonds. The van der Waals surface area contributed by atoms with E-state index in [1.54, 1.807) is 4.68 Å². The van der Waals surface area contributed by atoms with Gasteiger partial charge in [-0.05, 0) is 42.9 Å². The Labute approximate surface area is 123 Å². The summed E-state index contributed by atoms with van der Waals surface area (Å²) in [5, 5.41) is 7.25. The summed E-state index contributed by atoms with van der Waals surface area (Å²) >= 11 is 3.46. The van der Waals surface area contributed by atoms with E-state index in [0.717, 1.165) is 35.5 Å². The summed E-state index contributed by atoms with van der Waals surface area (Å²) in [5.41, 5.74) is 1.89. The Bertz CT molecular complexity index is 427. The first-order valence-corrected chi connectivity index (χ1v) is 7.47. The van der Waals surface area contributed by atoms with Gasteiger partial charge in [0.1, 0.15) is 6.54 Å². The van der Waals surface area contributed by atoms with Crippen LogP contribution in [0.1, 0.15) is 25.2 Å². The van der Waals surface area contributed by atoms with E-state index in [-0.39, 0.29) is 12.5 Å². The molecule has 0 atom stereocenters. The third kappa shape index (κ3) is 4.62. The monoisotopic (exact) mass is 330 g/mol. The van der Waals surface area contributed by atoms with Crippen molar-refractivity contribution in [1.82, 2.24) is 20.0 Å². The number of aryl methyl sites for hydroxylation is 1. The van der Waals surface area contributed by atoms with Crippen LogP contribution in [0, 0.1) is 13.8 Å². The second-order valence-electron chi connectivity index (χ2n) is 4.52. The van der Waals surface area contributed by atoms with E-state index in [0.29, 0.717) is 6.54 Å². The highest BCUT2D eigenvalue weighted by Crippen LogP contribution is 2.19. The van der Waals surface area contributed by atoms with Gasteiger partial charge in [0.05, 0.1) is 15.9 Å². The molecule has 1 aromatic rings.